The van der Waals surface area contributed by atoms with Gasteiger partial charge < -0.3 is 10.0 Å². The van der Waals surface area contributed by atoms with E-state index < -0.39 is 5.97 Å². The highest BCUT2D eigenvalue weighted by atomic mass is 16.4. The fourth-order valence-electron chi connectivity index (χ4n) is 6.90. The normalized spacial score (nSPS) is 13.3. The molecule has 43 heavy (non-hydrogen) atoms. The first kappa shape index (κ1) is 28.0. The zero-order valence-corrected chi connectivity index (χ0v) is 24.5. The molecule has 0 unspecified atom stereocenters. The van der Waals surface area contributed by atoms with Crippen molar-refractivity contribution in [1.29, 1.82) is 5.26 Å². The number of anilines is 3. The fourth-order valence-corrected chi connectivity index (χ4v) is 6.90. The van der Waals surface area contributed by atoms with Crippen LogP contribution in [-0.2, 0) is 10.2 Å². The summed E-state index contributed by atoms with van der Waals surface area (Å²) in [5.74, 6) is -1.21. The van der Waals surface area contributed by atoms with Gasteiger partial charge in [0.15, 0.2) is 0 Å². The number of nitriles is 1. The van der Waals surface area contributed by atoms with Gasteiger partial charge in [0.1, 0.15) is 11.6 Å². The predicted molar refractivity (Wildman–Crippen MR) is 176 cm³/mol. The first-order chi connectivity index (χ1) is 21.0. The number of carboxylic acids is 1. The molecule has 0 spiro atoms. The van der Waals surface area contributed by atoms with Gasteiger partial charge in [-0.15, -0.1) is 0 Å². The lowest BCUT2D eigenvalue weighted by Crippen LogP contribution is -2.25. The second-order valence-corrected chi connectivity index (χ2v) is 11.3. The number of aliphatic carboxylic acids is 1. The Morgan fingerprint density at radius 1 is 0.744 bits per heavy atom. The number of hydrogen-bond donors (Lipinski definition) is 1. The van der Waals surface area contributed by atoms with Gasteiger partial charge in [0.25, 0.3) is 0 Å². The van der Waals surface area contributed by atoms with E-state index in [2.05, 4.69) is 116 Å². The van der Waals surface area contributed by atoms with Crippen molar-refractivity contribution in [2.24, 2.45) is 0 Å². The van der Waals surface area contributed by atoms with Crippen LogP contribution in [0.4, 0.5) is 17.1 Å². The van der Waals surface area contributed by atoms with E-state index in [0.29, 0.717) is 0 Å². The third-order valence-corrected chi connectivity index (χ3v) is 8.65. The quantitative estimate of drug-likeness (QED) is 0.143. The standard InChI is InChI=1S/C39H34N2O2/c1-3-20-39(21-4-2)36-23-27(22-30(26-40)38(42)43)14-18-34(36)35-19-17-33(25-37(35)39)41(31-12-6-5-7-13-31)32-16-15-28-10-8-9-11-29(28)24-32/h5-19,22-25H,3-4,20-21H2,1-2H3,(H,42,43). The average molecular weight is 563 g/mol. The molecular weight excluding hydrogens is 528 g/mol. The van der Waals surface area contributed by atoms with Crippen molar-refractivity contribution in [3.63, 3.8) is 0 Å². The molecule has 0 amide bonds. The van der Waals surface area contributed by atoms with Crippen molar-refractivity contribution in [2.45, 2.75) is 44.9 Å². The maximum Gasteiger partial charge on any atom is 0.346 e. The van der Waals surface area contributed by atoms with Gasteiger partial charge in [-0.3, -0.25) is 0 Å². The smallest absolute Gasteiger partial charge is 0.346 e. The monoisotopic (exact) mass is 562 g/mol. The molecule has 6 rings (SSSR count). The van der Waals surface area contributed by atoms with Crippen LogP contribution in [0.3, 0.4) is 0 Å². The van der Waals surface area contributed by atoms with E-state index in [-0.39, 0.29) is 11.0 Å². The number of para-hydroxylation sites is 1. The summed E-state index contributed by atoms with van der Waals surface area (Å²) in [5, 5.41) is 21.3. The predicted octanol–water partition coefficient (Wildman–Crippen LogP) is 10.2. The molecule has 0 heterocycles. The Labute approximate surface area is 253 Å². The lowest BCUT2D eigenvalue weighted by molar-refractivity contribution is -0.132. The second-order valence-electron chi connectivity index (χ2n) is 11.3. The van der Waals surface area contributed by atoms with Crippen molar-refractivity contribution < 1.29 is 9.90 Å². The average Bonchev–Trinajstić information content (AvgIpc) is 3.29. The Balaban J connectivity index is 1.55. The molecule has 0 saturated heterocycles. The zero-order chi connectivity index (χ0) is 30.0. The third-order valence-electron chi connectivity index (χ3n) is 8.65. The molecule has 5 aromatic carbocycles. The number of nitrogens with zero attached hydrogens (tertiary/aromatic N) is 2. The Morgan fingerprint density at radius 3 is 2.02 bits per heavy atom. The molecule has 4 nitrogen and oxygen atoms in total. The van der Waals surface area contributed by atoms with Gasteiger partial charge in [-0.05, 0) is 93.9 Å². The highest BCUT2D eigenvalue weighted by molar-refractivity contribution is 5.97. The first-order valence-corrected chi connectivity index (χ1v) is 15.0. The number of benzene rings is 5. The highest BCUT2D eigenvalue weighted by Gasteiger charge is 2.42. The summed E-state index contributed by atoms with van der Waals surface area (Å²) in [7, 11) is 0. The van der Waals surface area contributed by atoms with Gasteiger partial charge >= 0.3 is 5.97 Å². The van der Waals surface area contributed by atoms with Crippen LogP contribution in [0.25, 0.3) is 28.0 Å². The molecule has 0 radical (unpaired) electrons. The number of rotatable bonds is 9. The van der Waals surface area contributed by atoms with E-state index >= 15 is 0 Å². The van der Waals surface area contributed by atoms with Crippen molar-refractivity contribution in [3.8, 4) is 17.2 Å². The van der Waals surface area contributed by atoms with Crippen LogP contribution in [-0.4, -0.2) is 11.1 Å². The van der Waals surface area contributed by atoms with Gasteiger partial charge in [0.05, 0.1) is 0 Å². The summed E-state index contributed by atoms with van der Waals surface area (Å²) >= 11 is 0. The van der Waals surface area contributed by atoms with E-state index in [0.717, 1.165) is 48.3 Å². The molecule has 0 saturated carbocycles. The van der Waals surface area contributed by atoms with Gasteiger partial charge in [-0.1, -0.05) is 99.5 Å². The topological polar surface area (TPSA) is 64.3 Å². The van der Waals surface area contributed by atoms with E-state index in [1.807, 2.05) is 18.2 Å². The van der Waals surface area contributed by atoms with Crippen LogP contribution >= 0.6 is 0 Å². The van der Waals surface area contributed by atoms with Crippen molar-refractivity contribution >= 4 is 39.9 Å². The lowest BCUT2D eigenvalue weighted by atomic mass is 9.71. The molecule has 1 aliphatic carbocycles. The van der Waals surface area contributed by atoms with Crippen LogP contribution in [0, 0.1) is 11.3 Å². The summed E-state index contributed by atoms with van der Waals surface area (Å²) < 4.78 is 0. The molecule has 1 aliphatic rings. The van der Waals surface area contributed by atoms with E-state index in [1.54, 1.807) is 0 Å². The van der Waals surface area contributed by atoms with Gasteiger partial charge in [0.2, 0.25) is 0 Å². The largest absolute Gasteiger partial charge is 0.477 e. The van der Waals surface area contributed by atoms with Gasteiger partial charge in [0, 0.05) is 22.5 Å². The van der Waals surface area contributed by atoms with E-state index in [4.69, 9.17) is 0 Å². The number of fused-ring (bicyclic) bond motifs is 4. The summed E-state index contributed by atoms with van der Waals surface area (Å²) in [6, 6.07) is 40.4. The second kappa shape index (κ2) is 11.6. The molecule has 212 valence electrons. The minimum Gasteiger partial charge on any atom is -0.477 e. The van der Waals surface area contributed by atoms with Crippen molar-refractivity contribution in [1.82, 2.24) is 0 Å². The Hall–Kier alpha value is -5.14. The molecular formula is C39H34N2O2. The molecule has 1 N–H and O–H groups in total. The number of carboxylic acid groups (broad SMARTS) is 1. The number of hydrogen-bond acceptors (Lipinski definition) is 3. The van der Waals surface area contributed by atoms with Crippen LogP contribution in [0.2, 0.25) is 0 Å². The number of carbonyl (C=O) groups is 1. The minimum atomic E-state index is -1.21. The Morgan fingerprint density at radius 2 is 1.35 bits per heavy atom. The first-order valence-electron chi connectivity index (χ1n) is 15.0. The highest BCUT2D eigenvalue weighted by Crippen LogP contribution is 2.55. The molecule has 5 aromatic rings. The molecule has 4 heteroatoms. The molecule has 0 aromatic heterocycles. The van der Waals surface area contributed by atoms with Gasteiger partial charge in [-0.25, -0.2) is 4.79 Å². The van der Waals surface area contributed by atoms with E-state index in [1.165, 1.54) is 39.1 Å². The summed E-state index contributed by atoms with van der Waals surface area (Å²) in [5.41, 5.74) is 8.50. The maximum atomic E-state index is 11.6. The molecule has 0 aliphatic heterocycles. The van der Waals surface area contributed by atoms with Crippen molar-refractivity contribution in [3.05, 3.63) is 131 Å². The SMILES string of the molecule is CCCC1(CCC)c2cc(C=C(C#N)C(=O)O)ccc2-c2ccc(N(c3ccccc3)c3ccc4ccccc4c3)cc21. The molecule has 0 fully saturated rings. The van der Waals surface area contributed by atoms with Crippen LogP contribution in [0.5, 0.6) is 0 Å². The van der Waals surface area contributed by atoms with Crippen LogP contribution in [0.15, 0.2) is 115 Å². The minimum absolute atomic E-state index is 0.213. The Kier molecular flexibility index (Phi) is 7.57. The van der Waals surface area contributed by atoms with Crippen molar-refractivity contribution in [2.75, 3.05) is 4.90 Å². The van der Waals surface area contributed by atoms with Crippen LogP contribution < -0.4 is 4.90 Å². The summed E-state index contributed by atoms with van der Waals surface area (Å²) in [4.78, 5) is 13.9. The molecule has 0 bridgehead atoms. The Bertz CT molecular complexity index is 1890. The van der Waals surface area contributed by atoms with E-state index in [9.17, 15) is 15.2 Å². The van der Waals surface area contributed by atoms with Crippen LogP contribution in [0.1, 0.15) is 56.2 Å². The zero-order valence-electron chi connectivity index (χ0n) is 24.5. The lowest BCUT2D eigenvalue weighted by Gasteiger charge is -2.33. The third kappa shape index (κ3) is 4.98. The fraction of sp³-hybridized carbons (Fsp3) is 0.179. The maximum absolute atomic E-state index is 11.6. The molecule has 0 atom stereocenters. The summed E-state index contributed by atoms with van der Waals surface area (Å²) in [6.07, 6.45) is 5.45. The summed E-state index contributed by atoms with van der Waals surface area (Å²) in [6.45, 7) is 4.46. The van der Waals surface area contributed by atoms with Gasteiger partial charge in [-0.2, -0.15) is 5.26 Å².